The van der Waals surface area contributed by atoms with Crippen LogP contribution in [-0.2, 0) is 11.2 Å². The van der Waals surface area contributed by atoms with Crippen molar-refractivity contribution in [2.75, 3.05) is 0 Å². The van der Waals surface area contributed by atoms with E-state index in [2.05, 4.69) is 0 Å². The molecule has 1 nitrogen and oxygen atoms in total. The molecular formula is C10H11BO. The molecule has 1 aromatic rings. The summed E-state index contributed by atoms with van der Waals surface area (Å²) in [7, 11) is 5.03. The van der Waals surface area contributed by atoms with Gasteiger partial charge in [-0.05, 0) is 25.3 Å². The van der Waals surface area contributed by atoms with E-state index in [4.69, 9.17) is 7.85 Å². The van der Waals surface area contributed by atoms with Gasteiger partial charge in [0.25, 0.3) is 0 Å². The zero-order chi connectivity index (χ0) is 8.97. The highest BCUT2D eigenvalue weighted by Gasteiger charge is 1.95. The Bertz CT molecular complexity index is 264. The van der Waals surface area contributed by atoms with Gasteiger partial charge in [-0.25, -0.2) is 0 Å². The molecule has 0 aliphatic rings. The molecular weight excluding hydrogens is 147 g/mol. The van der Waals surface area contributed by atoms with Gasteiger partial charge in [0, 0.05) is 0 Å². The smallest absolute Gasteiger partial charge is 0.167 e. The minimum atomic E-state index is -0.240. The maximum Gasteiger partial charge on any atom is 0.167 e. The van der Waals surface area contributed by atoms with Crippen LogP contribution in [0.15, 0.2) is 24.3 Å². The minimum Gasteiger partial charge on any atom is -0.313 e. The summed E-state index contributed by atoms with van der Waals surface area (Å²) in [6.45, 7) is 2.04. The van der Waals surface area contributed by atoms with Crippen molar-refractivity contribution in [1.29, 1.82) is 0 Å². The van der Waals surface area contributed by atoms with Gasteiger partial charge in [-0.1, -0.05) is 29.8 Å². The van der Waals surface area contributed by atoms with Crippen LogP contribution in [0.1, 0.15) is 17.5 Å². The van der Waals surface area contributed by atoms with Gasteiger partial charge < -0.3 is 4.79 Å². The molecule has 2 heteroatoms. The molecule has 0 bridgehead atoms. The van der Waals surface area contributed by atoms with Gasteiger partial charge in [-0.2, -0.15) is 0 Å². The summed E-state index contributed by atoms with van der Waals surface area (Å²) in [4.78, 5) is 10.5. The molecule has 60 valence electrons. The van der Waals surface area contributed by atoms with Gasteiger partial charge in [0.05, 0.1) is 5.68 Å². The molecule has 12 heavy (non-hydrogen) atoms. The summed E-state index contributed by atoms with van der Waals surface area (Å²) in [5, 5.41) is 0. The number of hydrogen-bond acceptors (Lipinski definition) is 1. The lowest BCUT2D eigenvalue weighted by Gasteiger charge is -1.99. The highest BCUT2D eigenvalue weighted by atomic mass is 16.1. The van der Waals surface area contributed by atoms with Crippen molar-refractivity contribution < 1.29 is 4.79 Å². The molecule has 0 fully saturated rings. The van der Waals surface area contributed by atoms with Crippen LogP contribution in [-0.4, -0.2) is 13.5 Å². The largest absolute Gasteiger partial charge is 0.313 e. The van der Waals surface area contributed by atoms with Crippen molar-refractivity contribution in [3.8, 4) is 0 Å². The maximum absolute atomic E-state index is 10.5. The summed E-state index contributed by atoms with van der Waals surface area (Å²) in [6, 6.07) is 8.13. The Kier molecular flexibility index (Phi) is 3.09. The molecule has 0 aromatic heterocycles. The first-order valence-corrected chi connectivity index (χ1v) is 4.02. The Morgan fingerprint density at radius 1 is 1.33 bits per heavy atom. The number of aryl methyl sites for hydroxylation is 2. The van der Waals surface area contributed by atoms with E-state index in [0.29, 0.717) is 6.42 Å². The fraction of sp³-hybridized carbons (Fsp3) is 0.300. The van der Waals surface area contributed by atoms with Crippen molar-refractivity contribution in [2.24, 2.45) is 0 Å². The topological polar surface area (TPSA) is 17.1 Å². The highest BCUT2D eigenvalue weighted by molar-refractivity contribution is 6.57. The third-order valence-electron chi connectivity index (χ3n) is 1.78. The average Bonchev–Trinajstić information content (AvgIpc) is 2.03. The molecule has 0 aliphatic carbocycles. The Labute approximate surface area is 74.2 Å². The first kappa shape index (κ1) is 9.05. The minimum absolute atomic E-state index is 0.240. The van der Waals surface area contributed by atoms with Crippen LogP contribution in [0.5, 0.6) is 0 Å². The number of carbonyl (C=O) groups is 1. The van der Waals surface area contributed by atoms with Crippen molar-refractivity contribution in [3.05, 3.63) is 35.4 Å². The molecule has 0 amide bonds. The summed E-state index contributed by atoms with van der Waals surface area (Å²) in [6.07, 6.45) is 1.18. The zero-order valence-electron chi connectivity index (χ0n) is 7.21. The second-order valence-electron chi connectivity index (χ2n) is 2.95. The fourth-order valence-corrected chi connectivity index (χ4v) is 1.02. The van der Waals surface area contributed by atoms with E-state index >= 15 is 0 Å². The van der Waals surface area contributed by atoms with Gasteiger partial charge in [0.2, 0.25) is 0 Å². The van der Waals surface area contributed by atoms with Gasteiger partial charge >= 0.3 is 0 Å². The lowest BCUT2D eigenvalue weighted by atomic mass is 9.95. The molecule has 0 spiro atoms. The molecule has 0 aliphatic heterocycles. The van der Waals surface area contributed by atoms with Gasteiger partial charge in [0.15, 0.2) is 7.85 Å². The Morgan fingerprint density at radius 3 is 2.42 bits per heavy atom. The van der Waals surface area contributed by atoms with Crippen LogP contribution in [0.3, 0.4) is 0 Å². The quantitative estimate of drug-likeness (QED) is 0.611. The molecule has 0 atom stereocenters. The maximum atomic E-state index is 10.5. The Morgan fingerprint density at radius 2 is 1.92 bits per heavy atom. The first-order chi connectivity index (χ1) is 5.68. The number of benzene rings is 1. The van der Waals surface area contributed by atoms with Crippen LogP contribution in [0.25, 0.3) is 0 Å². The van der Waals surface area contributed by atoms with Crippen LogP contribution in [0.2, 0.25) is 0 Å². The highest BCUT2D eigenvalue weighted by Crippen LogP contribution is 2.05. The lowest BCUT2D eigenvalue weighted by molar-refractivity contribution is -0.111. The van der Waals surface area contributed by atoms with E-state index in [9.17, 15) is 4.79 Å². The van der Waals surface area contributed by atoms with Crippen LogP contribution in [0, 0.1) is 6.92 Å². The Balaban J connectivity index is 2.53. The number of carbonyl (C=O) groups excluding carboxylic acids is 1. The Hall–Kier alpha value is -1.05. The number of rotatable bonds is 3. The molecule has 0 heterocycles. The fourth-order valence-electron chi connectivity index (χ4n) is 1.02. The standard InChI is InChI=1S/C10H11BO/c1-8-2-4-9(5-3-8)6-7-10(11)12/h2-5H,6-7H2,1H3. The molecule has 0 unspecified atom stereocenters. The molecule has 0 saturated heterocycles. The zero-order valence-corrected chi connectivity index (χ0v) is 7.21. The van der Waals surface area contributed by atoms with E-state index in [1.165, 1.54) is 11.1 Å². The second kappa shape index (κ2) is 4.10. The lowest BCUT2D eigenvalue weighted by Crippen LogP contribution is -1.98. The van der Waals surface area contributed by atoms with Gasteiger partial charge in [0.1, 0.15) is 0 Å². The van der Waals surface area contributed by atoms with Crippen molar-refractivity contribution >= 4 is 13.5 Å². The summed E-state index contributed by atoms with van der Waals surface area (Å²) in [5.41, 5.74) is 2.16. The normalized spacial score (nSPS) is 9.75. The first-order valence-electron chi connectivity index (χ1n) is 4.02. The molecule has 1 aromatic carbocycles. The second-order valence-corrected chi connectivity index (χ2v) is 2.95. The third kappa shape index (κ3) is 2.91. The number of hydrogen-bond donors (Lipinski definition) is 0. The molecule has 0 saturated carbocycles. The van der Waals surface area contributed by atoms with E-state index in [0.717, 1.165) is 6.42 Å². The van der Waals surface area contributed by atoms with Gasteiger partial charge in [-0.3, -0.25) is 0 Å². The monoisotopic (exact) mass is 158 g/mol. The van der Waals surface area contributed by atoms with Crippen LogP contribution < -0.4 is 0 Å². The summed E-state index contributed by atoms with van der Waals surface area (Å²) < 4.78 is 0. The molecule has 1 rings (SSSR count). The van der Waals surface area contributed by atoms with Crippen LogP contribution in [0.4, 0.5) is 0 Å². The van der Waals surface area contributed by atoms with Gasteiger partial charge in [-0.15, -0.1) is 0 Å². The van der Waals surface area contributed by atoms with Crippen molar-refractivity contribution in [1.82, 2.24) is 0 Å². The van der Waals surface area contributed by atoms with E-state index < -0.39 is 0 Å². The summed E-state index contributed by atoms with van der Waals surface area (Å²) in [5.74, 6) is 0. The molecule has 2 radical (unpaired) electrons. The predicted molar refractivity (Wildman–Crippen MR) is 50.3 cm³/mol. The SMILES string of the molecule is [B]C(=O)CCc1ccc(C)cc1. The van der Waals surface area contributed by atoms with Crippen molar-refractivity contribution in [2.45, 2.75) is 19.8 Å². The third-order valence-corrected chi connectivity index (χ3v) is 1.78. The van der Waals surface area contributed by atoms with E-state index in [-0.39, 0.29) is 5.68 Å². The molecule has 0 N–H and O–H groups in total. The summed E-state index contributed by atoms with van der Waals surface area (Å²) >= 11 is 0. The predicted octanol–water partition coefficient (Wildman–Crippen LogP) is 1.62. The van der Waals surface area contributed by atoms with Crippen molar-refractivity contribution in [3.63, 3.8) is 0 Å². The van der Waals surface area contributed by atoms with Crippen LogP contribution >= 0.6 is 0 Å². The van der Waals surface area contributed by atoms with E-state index in [1.807, 2.05) is 31.2 Å². The average molecular weight is 158 g/mol. The van der Waals surface area contributed by atoms with E-state index in [1.54, 1.807) is 0 Å².